The van der Waals surface area contributed by atoms with E-state index in [4.69, 9.17) is 0 Å². The molecule has 4 heteroatoms. The summed E-state index contributed by atoms with van der Waals surface area (Å²) in [5, 5.41) is 2.88. The predicted octanol–water partition coefficient (Wildman–Crippen LogP) is 2.66. The van der Waals surface area contributed by atoms with Gasteiger partial charge in [0.2, 0.25) is 11.8 Å². The summed E-state index contributed by atoms with van der Waals surface area (Å²) in [6, 6.07) is 17.5. The fraction of sp³-hybridized carbons (Fsp3) is 0.263. The molecule has 1 N–H and O–H groups in total. The Balaban J connectivity index is 1.60. The minimum Gasteiger partial charge on any atom is -0.351 e. The summed E-state index contributed by atoms with van der Waals surface area (Å²) in [6.45, 7) is 3.07. The summed E-state index contributed by atoms with van der Waals surface area (Å²) in [5.41, 5.74) is 3.07. The van der Waals surface area contributed by atoms with Crippen molar-refractivity contribution in [2.45, 2.75) is 19.9 Å². The molecule has 0 spiro atoms. The zero-order valence-electron chi connectivity index (χ0n) is 13.2. The number of hydrogen-bond donors (Lipinski definition) is 1. The first-order valence-electron chi connectivity index (χ1n) is 7.85. The van der Waals surface area contributed by atoms with Crippen molar-refractivity contribution in [3.05, 3.63) is 65.7 Å². The van der Waals surface area contributed by atoms with Crippen LogP contribution in [0.3, 0.4) is 0 Å². The predicted molar refractivity (Wildman–Crippen MR) is 89.9 cm³/mol. The monoisotopic (exact) mass is 308 g/mol. The minimum atomic E-state index is -0.583. The van der Waals surface area contributed by atoms with Crippen LogP contribution in [-0.4, -0.2) is 18.4 Å². The highest BCUT2D eigenvalue weighted by Gasteiger charge is 2.37. The average Bonchev–Trinajstić information content (AvgIpc) is 2.96. The topological polar surface area (TPSA) is 49.4 Å². The molecule has 0 unspecified atom stereocenters. The number of rotatable bonds is 4. The highest BCUT2D eigenvalue weighted by molar-refractivity contribution is 6.09. The molecule has 2 aromatic carbocycles. The van der Waals surface area contributed by atoms with E-state index in [0.29, 0.717) is 19.5 Å². The van der Waals surface area contributed by atoms with Gasteiger partial charge in [0.25, 0.3) is 0 Å². The van der Waals surface area contributed by atoms with Crippen LogP contribution >= 0.6 is 0 Å². The lowest BCUT2D eigenvalue weighted by Crippen LogP contribution is -2.36. The average molecular weight is 308 g/mol. The van der Waals surface area contributed by atoms with E-state index in [0.717, 1.165) is 11.3 Å². The SMILES string of the molecule is Cc1ccc(CNC(=O)[C@H]2CCN(c3ccccc3)C2=O)cc1. The van der Waals surface area contributed by atoms with Gasteiger partial charge in [-0.1, -0.05) is 48.0 Å². The van der Waals surface area contributed by atoms with Crippen LogP contribution in [0, 0.1) is 12.8 Å². The van der Waals surface area contributed by atoms with Crippen LogP contribution in [0.1, 0.15) is 17.5 Å². The van der Waals surface area contributed by atoms with Gasteiger partial charge in [-0.25, -0.2) is 0 Å². The van der Waals surface area contributed by atoms with E-state index in [1.54, 1.807) is 4.90 Å². The third-order valence-corrected chi connectivity index (χ3v) is 4.18. The maximum atomic E-state index is 12.5. The van der Waals surface area contributed by atoms with E-state index in [-0.39, 0.29) is 11.8 Å². The van der Waals surface area contributed by atoms with E-state index in [2.05, 4.69) is 5.32 Å². The van der Waals surface area contributed by atoms with Crippen molar-refractivity contribution in [1.82, 2.24) is 5.32 Å². The Hall–Kier alpha value is -2.62. The Morgan fingerprint density at radius 1 is 1.13 bits per heavy atom. The van der Waals surface area contributed by atoms with Gasteiger partial charge in [0.05, 0.1) is 0 Å². The molecule has 2 aromatic rings. The number of hydrogen-bond acceptors (Lipinski definition) is 2. The van der Waals surface area contributed by atoms with E-state index in [9.17, 15) is 9.59 Å². The number of carbonyl (C=O) groups is 2. The summed E-state index contributed by atoms with van der Waals surface area (Å²) in [5.74, 6) is -0.882. The van der Waals surface area contributed by atoms with Gasteiger partial charge in [0.15, 0.2) is 0 Å². The van der Waals surface area contributed by atoms with Gasteiger partial charge in [-0.15, -0.1) is 0 Å². The van der Waals surface area contributed by atoms with Crippen LogP contribution in [0.25, 0.3) is 0 Å². The molecule has 23 heavy (non-hydrogen) atoms. The van der Waals surface area contributed by atoms with E-state index in [1.807, 2.05) is 61.5 Å². The second-order valence-corrected chi connectivity index (χ2v) is 5.87. The van der Waals surface area contributed by atoms with Gasteiger partial charge < -0.3 is 10.2 Å². The van der Waals surface area contributed by atoms with Gasteiger partial charge in [0, 0.05) is 18.8 Å². The third kappa shape index (κ3) is 3.42. The smallest absolute Gasteiger partial charge is 0.239 e. The van der Waals surface area contributed by atoms with E-state index >= 15 is 0 Å². The second-order valence-electron chi connectivity index (χ2n) is 5.87. The summed E-state index contributed by atoms with van der Waals surface area (Å²) in [7, 11) is 0. The van der Waals surface area contributed by atoms with Crippen LogP contribution < -0.4 is 10.2 Å². The summed E-state index contributed by atoms with van der Waals surface area (Å²) in [6.07, 6.45) is 0.563. The molecule has 2 amide bonds. The summed E-state index contributed by atoms with van der Waals surface area (Å²) in [4.78, 5) is 26.5. The largest absolute Gasteiger partial charge is 0.351 e. The number of benzene rings is 2. The van der Waals surface area contributed by atoms with Gasteiger partial charge in [0.1, 0.15) is 5.92 Å². The Labute approximate surface area is 136 Å². The normalized spacial score (nSPS) is 17.3. The van der Waals surface area contributed by atoms with E-state index < -0.39 is 5.92 Å². The number of para-hydroxylation sites is 1. The second kappa shape index (κ2) is 6.65. The summed E-state index contributed by atoms with van der Waals surface area (Å²) >= 11 is 0. The number of aryl methyl sites for hydroxylation is 1. The molecule has 0 aliphatic carbocycles. The molecule has 1 aliphatic rings. The molecule has 3 rings (SSSR count). The van der Waals surface area contributed by atoms with E-state index in [1.165, 1.54) is 5.56 Å². The number of anilines is 1. The quantitative estimate of drug-likeness (QED) is 0.883. The Bertz CT molecular complexity index is 695. The van der Waals surface area contributed by atoms with Crippen molar-refractivity contribution >= 4 is 17.5 Å². The molecule has 0 bridgehead atoms. The number of carbonyl (C=O) groups excluding carboxylic acids is 2. The van der Waals surface area contributed by atoms with Crippen LogP contribution in [0.2, 0.25) is 0 Å². The molecule has 1 heterocycles. The molecule has 1 atom stereocenters. The van der Waals surface area contributed by atoms with Crippen LogP contribution in [0.15, 0.2) is 54.6 Å². The Morgan fingerprint density at radius 2 is 1.83 bits per heavy atom. The number of nitrogens with zero attached hydrogens (tertiary/aromatic N) is 1. The van der Waals surface area contributed by atoms with Crippen molar-refractivity contribution < 1.29 is 9.59 Å². The molecule has 0 aromatic heterocycles. The molecule has 0 saturated carbocycles. The van der Waals surface area contributed by atoms with Crippen molar-refractivity contribution in [1.29, 1.82) is 0 Å². The standard InChI is InChI=1S/C19H20N2O2/c1-14-7-9-15(10-8-14)13-20-18(22)17-11-12-21(19(17)23)16-5-3-2-4-6-16/h2-10,17H,11-13H2,1H3,(H,20,22)/t17-/m1/s1. The maximum absolute atomic E-state index is 12.5. The van der Waals surface area contributed by atoms with Crippen molar-refractivity contribution in [2.75, 3.05) is 11.4 Å². The first-order valence-corrected chi connectivity index (χ1v) is 7.85. The van der Waals surface area contributed by atoms with Crippen LogP contribution in [0.4, 0.5) is 5.69 Å². The van der Waals surface area contributed by atoms with Crippen LogP contribution in [0.5, 0.6) is 0 Å². The Morgan fingerprint density at radius 3 is 2.52 bits per heavy atom. The fourth-order valence-corrected chi connectivity index (χ4v) is 2.81. The van der Waals surface area contributed by atoms with Crippen molar-refractivity contribution in [3.63, 3.8) is 0 Å². The molecule has 1 fully saturated rings. The fourth-order valence-electron chi connectivity index (χ4n) is 2.81. The highest BCUT2D eigenvalue weighted by Crippen LogP contribution is 2.25. The van der Waals surface area contributed by atoms with Crippen LogP contribution in [-0.2, 0) is 16.1 Å². The van der Waals surface area contributed by atoms with Gasteiger partial charge in [-0.3, -0.25) is 9.59 Å². The highest BCUT2D eigenvalue weighted by atomic mass is 16.2. The zero-order valence-corrected chi connectivity index (χ0v) is 13.2. The Kier molecular flexibility index (Phi) is 4.42. The lowest BCUT2D eigenvalue weighted by atomic mass is 10.1. The van der Waals surface area contributed by atoms with Gasteiger partial charge in [-0.05, 0) is 31.0 Å². The first kappa shape index (κ1) is 15.3. The molecule has 0 radical (unpaired) electrons. The molecular weight excluding hydrogens is 288 g/mol. The maximum Gasteiger partial charge on any atom is 0.239 e. The molecular formula is C19H20N2O2. The molecule has 1 saturated heterocycles. The molecule has 4 nitrogen and oxygen atoms in total. The zero-order chi connectivity index (χ0) is 16.2. The van der Waals surface area contributed by atoms with Crippen molar-refractivity contribution in [3.8, 4) is 0 Å². The lowest BCUT2D eigenvalue weighted by Gasteiger charge is -2.16. The van der Waals surface area contributed by atoms with Crippen molar-refractivity contribution in [2.24, 2.45) is 5.92 Å². The number of amides is 2. The number of nitrogens with one attached hydrogen (secondary N) is 1. The van der Waals surface area contributed by atoms with Gasteiger partial charge >= 0.3 is 0 Å². The van der Waals surface area contributed by atoms with Gasteiger partial charge in [-0.2, -0.15) is 0 Å². The third-order valence-electron chi connectivity index (χ3n) is 4.18. The minimum absolute atomic E-state index is 0.113. The molecule has 118 valence electrons. The lowest BCUT2D eigenvalue weighted by molar-refractivity contribution is -0.132. The first-order chi connectivity index (χ1) is 11.1. The summed E-state index contributed by atoms with van der Waals surface area (Å²) < 4.78 is 0. The molecule has 1 aliphatic heterocycles.